The van der Waals surface area contributed by atoms with Crippen LogP contribution in [0.25, 0.3) is 5.69 Å². The number of ether oxygens (including phenoxy) is 3. The fourth-order valence-electron chi connectivity index (χ4n) is 2.56. The largest absolute Gasteiger partial charge is 0.497 e. The smallest absolute Gasteiger partial charge is 0.298 e. The van der Waals surface area contributed by atoms with Crippen LogP contribution in [-0.2, 0) is 0 Å². The molecule has 8 nitrogen and oxygen atoms in total. The van der Waals surface area contributed by atoms with Crippen LogP contribution in [0.2, 0.25) is 0 Å². The van der Waals surface area contributed by atoms with Crippen molar-refractivity contribution in [3.63, 3.8) is 0 Å². The van der Waals surface area contributed by atoms with Gasteiger partial charge in [0.05, 0.1) is 21.3 Å². The summed E-state index contributed by atoms with van der Waals surface area (Å²) in [5.41, 5.74) is 0.430. The Hall–Kier alpha value is -3.81. The van der Waals surface area contributed by atoms with E-state index in [9.17, 15) is 9.59 Å². The SMILES string of the molecule is COc1ccc(-n2ccnc(NC(=O)c3cc(OC)cc(OC)c3)c2=O)cc1. The van der Waals surface area contributed by atoms with Crippen LogP contribution in [0.5, 0.6) is 17.2 Å². The van der Waals surface area contributed by atoms with Crippen molar-refractivity contribution in [3.05, 3.63) is 70.8 Å². The Labute approximate surface area is 161 Å². The van der Waals surface area contributed by atoms with Crippen LogP contribution >= 0.6 is 0 Å². The first-order valence-corrected chi connectivity index (χ1v) is 8.32. The molecule has 0 spiro atoms. The van der Waals surface area contributed by atoms with Crippen molar-refractivity contribution >= 4 is 11.7 Å². The van der Waals surface area contributed by atoms with Gasteiger partial charge in [0.1, 0.15) is 17.2 Å². The van der Waals surface area contributed by atoms with E-state index in [0.29, 0.717) is 22.9 Å². The van der Waals surface area contributed by atoms with E-state index in [1.54, 1.807) is 49.6 Å². The molecule has 3 aromatic rings. The molecule has 3 rings (SSSR count). The first-order valence-electron chi connectivity index (χ1n) is 8.32. The molecule has 144 valence electrons. The predicted octanol–water partition coefficient (Wildman–Crippen LogP) is 2.51. The molecule has 0 unspecified atom stereocenters. The third-order valence-corrected chi connectivity index (χ3v) is 4.04. The molecular formula is C20H19N3O5. The second-order valence-electron chi connectivity index (χ2n) is 5.70. The van der Waals surface area contributed by atoms with Crippen LogP contribution in [-0.4, -0.2) is 36.8 Å². The van der Waals surface area contributed by atoms with E-state index in [-0.39, 0.29) is 11.4 Å². The number of hydrogen-bond acceptors (Lipinski definition) is 6. The van der Waals surface area contributed by atoms with Crippen molar-refractivity contribution < 1.29 is 19.0 Å². The summed E-state index contributed by atoms with van der Waals surface area (Å²) in [6.45, 7) is 0. The average Bonchev–Trinajstić information content (AvgIpc) is 2.74. The predicted molar refractivity (Wildman–Crippen MR) is 104 cm³/mol. The Bertz CT molecular complexity index is 1020. The van der Waals surface area contributed by atoms with Gasteiger partial charge in [0.2, 0.25) is 0 Å². The lowest BCUT2D eigenvalue weighted by Crippen LogP contribution is -2.26. The van der Waals surface area contributed by atoms with Gasteiger partial charge in [-0.25, -0.2) is 4.98 Å². The molecular weight excluding hydrogens is 362 g/mol. The zero-order valence-corrected chi connectivity index (χ0v) is 15.6. The Morgan fingerprint density at radius 2 is 1.54 bits per heavy atom. The second kappa shape index (κ2) is 8.26. The number of benzene rings is 2. The molecule has 1 amide bonds. The van der Waals surface area contributed by atoms with Gasteiger partial charge in [-0.05, 0) is 36.4 Å². The number of hydrogen-bond donors (Lipinski definition) is 1. The molecule has 0 fully saturated rings. The maximum absolute atomic E-state index is 12.7. The first-order chi connectivity index (χ1) is 13.5. The quantitative estimate of drug-likeness (QED) is 0.705. The Kier molecular flexibility index (Phi) is 5.59. The van der Waals surface area contributed by atoms with Crippen molar-refractivity contribution in [1.29, 1.82) is 0 Å². The Morgan fingerprint density at radius 3 is 2.11 bits per heavy atom. The standard InChI is InChI=1S/C20H19N3O5/c1-26-15-6-4-14(5-7-15)23-9-8-21-18(20(23)25)22-19(24)13-10-16(27-2)12-17(11-13)28-3/h4-12H,1-3H3,(H,21,22,24). The number of carbonyl (C=O) groups is 1. The number of aromatic nitrogens is 2. The highest BCUT2D eigenvalue weighted by molar-refractivity contribution is 6.04. The molecule has 0 aliphatic rings. The lowest BCUT2D eigenvalue weighted by atomic mass is 10.2. The molecule has 1 N–H and O–H groups in total. The lowest BCUT2D eigenvalue weighted by Gasteiger charge is -2.10. The van der Waals surface area contributed by atoms with Gasteiger partial charge in [0.15, 0.2) is 5.82 Å². The highest BCUT2D eigenvalue weighted by atomic mass is 16.5. The first kappa shape index (κ1) is 19.0. The minimum absolute atomic E-state index is 0.0925. The fraction of sp³-hybridized carbons (Fsp3) is 0.150. The van der Waals surface area contributed by atoms with Gasteiger partial charge in [-0.1, -0.05) is 0 Å². The van der Waals surface area contributed by atoms with Gasteiger partial charge in [0.25, 0.3) is 11.5 Å². The third kappa shape index (κ3) is 3.96. The third-order valence-electron chi connectivity index (χ3n) is 4.04. The normalized spacial score (nSPS) is 10.2. The summed E-state index contributed by atoms with van der Waals surface area (Å²) >= 11 is 0. The highest BCUT2D eigenvalue weighted by Crippen LogP contribution is 2.23. The zero-order chi connectivity index (χ0) is 20.1. The minimum atomic E-state index is -0.505. The zero-order valence-electron chi connectivity index (χ0n) is 15.6. The summed E-state index contributed by atoms with van der Waals surface area (Å²) in [7, 11) is 4.54. The molecule has 1 aromatic heterocycles. The van der Waals surface area contributed by atoms with Gasteiger partial charge >= 0.3 is 0 Å². The van der Waals surface area contributed by atoms with Crippen LogP contribution in [0.1, 0.15) is 10.4 Å². The van der Waals surface area contributed by atoms with Crippen LogP contribution in [0.3, 0.4) is 0 Å². The van der Waals surface area contributed by atoms with Gasteiger partial charge in [0, 0.05) is 29.7 Å². The summed E-state index contributed by atoms with van der Waals surface area (Å²) < 4.78 is 16.8. The number of nitrogens with zero attached hydrogens (tertiary/aromatic N) is 2. The molecule has 2 aromatic carbocycles. The van der Waals surface area contributed by atoms with Gasteiger partial charge in [-0.2, -0.15) is 0 Å². The topological polar surface area (TPSA) is 91.7 Å². The number of nitrogens with one attached hydrogen (secondary N) is 1. The molecule has 8 heteroatoms. The van der Waals surface area contributed by atoms with Crippen molar-refractivity contribution in [2.45, 2.75) is 0 Å². The summed E-state index contributed by atoms with van der Waals surface area (Å²) in [6, 6.07) is 11.7. The average molecular weight is 381 g/mol. The monoisotopic (exact) mass is 381 g/mol. The number of rotatable bonds is 6. The molecule has 0 radical (unpaired) electrons. The summed E-state index contributed by atoms with van der Waals surface area (Å²) in [6.07, 6.45) is 2.96. The number of carbonyl (C=O) groups excluding carboxylic acids is 1. The van der Waals surface area contributed by atoms with E-state index < -0.39 is 11.5 Å². The Morgan fingerprint density at radius 1 is 0.929 bits per heavy atom. The second-order valence-corrected chi connectivity index (χ2v) is 5.70. The maximum Gasteiger partial charge on any atom is 0.298 e. The molecule has 28 heavy (non-hydrogen) atoms. The van der Waals surface area contributed by atoms with Gasteiger partial charge < -0.3 is 19.5 Å². The van der Waals surface area contributed by atoms with Crippen molar-refractivity contribution in [1.82, 2.24) is 9.55 Å². The molecule has 0 saturated heterocycles. The van der Waals surface area contributed by atoms with Gasteiger partial charge in [-0.3, -0.25) is 14.2 Å². The Balaban J connectivity index is 1.91. The fourth-order valence-corrected chi connectivity index (χ4v) is 2.56. The van der Waals surface area contributed by atoms with Crippen molar-refractivity contribution in [3.8, 4) is 22.9 Å². The van der Waals surface area contributed by atoms with Crippen LogP contribution in [0, 0.1) is 0 Å². The van der Waals surface area contributed by atoms with E-state index in [0.717, 1.165) is 0 Å². The molecule has 0 bridgehead atoms. The van der Waals surface area contributed by atoms with Crippen LogP contribution in [0.4, 0.5) is 5.82 Å². The van der Waals surface area contributed by atoms with Gasteiger partial charge in [-0.15, -0.1) is 0 Å². The van der Waals surface area contributed by atoms with Crippen molar-refractivity contribution in [2.24, 2.45) is 0 Å². The maximum atomic E-state index is 12.7. The molecule has 0 aliphatic carbocycles. The van der Waals surface area contributed by atoms with E-state index in [1.165, 1.54) is 31.2 Å². The summed E-state index contributed by atoms with van der Waals surface area (Å²) in [5, 5.41) is 2.54. The van der Waals surface area contributed by atoms with E-state index in [1.807, 2.05) is 0 Å². The number of methoxy groups -OCH3 is 3. The summed E-state index contributed by atoms with van der Waals surface area (Å²) in [4.78, 5) is 29.3. The van der Waals surface area contributed by atoms with Crippen LogP contribution < -0.4 is 25.1 Å². The van der Waals surface area contributed by atoms with E-state index >= 15 is 0 Å². The van der Waals surface area contributed by atoms with Crippen LogP contribution in [0.15, 0.2) is 59.7 Å². The number of amides is 1. The minimum Gasteiger partial charge on any atom is -0.497 e. The van der Waals surface area contributed by atoms with E-state index in [4.69, 9.17) is 14.2 Å². The number of anilines is 1. The molecule has 1 heterocycles. The van der Waals surface area contributed by atoms with Crippen molar-refractivity contribution in [2.75, 3.05) is 26.6 Å². The highest BCUT2D eigenvalue weighted by Gasteiger charge is 2.14. The molecule has 0 atom stereocenters. The molecule has 0 saturated carbocycles. The lowest BCUT2D eigenvalue weighted by molar-refractivity contribution is 0.102. The summed E-state index contributed by atoms with van der Waals surface area (Å²) in [5.74, 6) is 0.994. The molecule has 0 aliphatic heterocycles. The van der Waals surface area contributed by atoms with E-state index in [2.05, 4.69) is 10.3 Å².